The van der Waals surface area contributed by atoms with Gasteiger partial charge in [-0.1, -0.05) is 402 Å². The number of unbranched alkanes of at least 4 members (excludes halogenated alkanes) is 51. The first-order valence-corrected chi connectivity index (χ1v) is 47.4. The predicted molar refractivity (Wildman–Crippen MR) is 432 cm³/mol. The summed E-state index contributed by atoms with van der Waals surface area (Å²) in [5.41, 5.74) is 0. The second kappa shape index (κ2) is 76.1. The second-order valence-corrected chi connectivity index (χ2v) is 35.0. The first-order chi connectivity index (χ1) is 50.8. The summed E-state index contributed by atoms with van der Waals surface area (Å²) in [5.74, 6) is 0.344. The lowest BCUT2D eigenvalue weighted by atomic mass is 9.99. The number of aliphatic hydroxyl groups excluding tert-OH is 1. The molecule has 0 aliphatic carbocycles. The minimum Gasteiger partial charge on any atom is -0.462 e. The quantitative estimate of drug-likeness (QED) is 0.0222. The van der Waals surface area contributed by atoms with E-state index >= 15 is 0 Å². The maximum Gasteiger partial charge on any atom is 0.472 e. The van der Waals surface area contributed by atoms with Gasteiger partial charge in [-0.25, -0.2) is 9.13 Å². The summed E-state index contributed by atoms with van der Waals surface area (Å²) in [7, 11) is -9.93. The van der Waals surface area contributed by atoms with Gasteiger partial charge < -0.3 is 33.8 Å². The summed E-state index contributed by atoms with van der Waals surface area (Å²) in [6.45, 7) is 12.1. The smallest absolute Gasteiger partial charge is 0.462 e. The SMILES string of the molecule is CCCCCCCCCCCCCC(=O)OC[C@H](COP(=O)(O)OC[C@H](O)COP(=O)(O)OC[C@@H](COC(=O)CCCCCCCCCCCCCCCCC(C)CC)OC(=O)CCCCCCCCCCCCCCCCCCCCC(C)C)OC(=O)CCCCCCCCCCCCCCC(C)C. The fraction of sp³-hybridized carbons (Fsp3) is 0.953. The van der Waals surface area contributed by atoms with Gasteiger partial charge in [-0.05, 0) is 43.4 Å². The van der Waals surface area contributed by atoms with Gasteiger partial charge >= 0.3 is 39.5 Å². The summed E-state index contributed by atoms with van der Waals surface area (Å²) in [6, 6.07) is 0. The highest BCUT2D eigenvalue weighted by Gasteiger charge is 2.30. The van der Waals surface area contributed by atoms with E-state index in [0.29, 0.717) is 25.7 Å². The van der Waals surface area contributed by atoms with Crippen LogP contribution in [0, 0.1) is 17.8 Å². The molecule has 0 spiro atoms. The van der Waals surface area contributed by atoms with Crippen molar-refractivity contribution in [3.63, 3.8) is 0 Å². The Morgan fingerprint density at radius 1 is 0.276 bits per heavy atom. The summed E-state index contributed by atoms with van der Waals surface area (Å²) in [5, 5.41) is 10.7. The predicted octanol–water partition coefficient (Wildman–Crippen LogP) is 26.1. The molecule has 0 radical (unpaired) electrons. The van der Waals surface area contributed by atoms with E-state index in [1.807, 2.05) is 0 Å². The van der Waals surface area contributed by atoms with Crippen molar-refractivity contribution in [3.8, 4) is 0 Å². The van der Waals surface area contributed by atoms with Crippen LogP contribution in [0.4, 0.5) is 0 Å². The number of rotatable bonds is 84. The van der Waals surface area contributed by atoms with Crippen LogP contribution in [0.2, 0.25) is 0 Å². The Morgan fingerprint density at radius 3 is 0.724 bits per heavy atom. The molecule has 0 rings (SSSR count). The average Bonchev–Trinajstić information content (AvgIpc) is 0.908. The van der Waals surface area contributed by atoms with Crippen molar-refractivity contribution in [2.45, 2.75) is 471 Å². The van der Waals surface area contributed by atoms with Crippen molar-refractivity contribution in [2.75, 3.05) is 39.6 Å². The molecule has 624 valence electrons. The van der Waals surface area contributed by atoms with E-state index in [0.717, 1.165) is 108 Å². The molecule has 0 aliphatic heterocycles. The Balaban J connectivity index is 5.24. The van der Waals surface area contributed by atoms with Crippen molar-refractivity contribution in [1.29, 1.82) is 0 Å². The van der Waals surface area contributed by atoms with E-state index in [2.05, 4.69) is 48.5 Å². The molecule has 0 aromatic heterocycles. The number of phosphoric ester groups is 2. The summed E-state index contributed by atoms with van der Waals surface area (Å²) < 4.78 is 68.9. The van der Waals surface area contributed by atoms with Gasteiger partial charge in [0, 0.05) is 25.7 Å². The van der Waals surface area contributed by atoms with E-state index < -0.39 is 97.5 Å². The molecule has 19 heteroatoms. The lowest BCUT2D eigenvalue weighted by Gasteiger charge is -2.21. The van der Waals surface area contributed by atoms with Gasteiger partial charge in [-0.2, -0.15) is 0 Å². The zero-order chi connectivity index (χ0) is 77.2. The molecule has 6 atom stereocenters. The molecular formula is C86H168O17P2. The number of aliphatic hydroxyl groups is 1. The van der Waals surface area contributed by atoms with Crippen LogP contribution < -0.4 is 0 Å². The molecular weight excluding hydrogens is 1370 g/mol. The zero-order valence-electron chi connectivity index (χ0n) is 69.2. The number of esters is 4. The van der Waals surface area contributed by atoms with Gasteiger partial charge in [0.15, 0.2) is 12.2 Å². The van der Waals surface area contributed by atoms with Crippen LogP contribution in [0.1, 0.15) is 453 Å². The minimum absolute atomic E-state index is 0.107. The van der Waals surface area contributed by atoms with Crippen molar-refractivity contribution < 1.29 is 80.2 Å². The summed E-state index contributed by atoms with van der Waals surface area (Å²) in [4.78, 5) is 73.2. The molecule has 0 bridgehead atoms. The van der Waals surface area contributed by atoms with E-state index in [4.69, 9.17) is 37.0 Å². The second-order valence-electron chi connectivity index (χ2n) is 32.1. The molecule has 0 heterocycles. The van der Waals surface area contributed by atoms with Crippen LogP contribution in [0.25, 0.3) is 0 Å². The molecule has 0 amide bonds. The van der Waals surface area contributed by atoms with Crippen LogP contribution in [0.3, 0.4) is 0 Å². The highest BCUT2D eigenvalue weighted by atomic mass is 31.2. The Kier molecular flexibility index (Phi) is 74.7. The molecule has 3 N–H and O–H groups in total. The molecule has 105 heavy (non-hydrogen) atoms. The number of hydrogen-bond donors (Lipinski definition) is 3. The Labute approximate surface area is 645 Å². The standard InChI is InChI=1S/C86H168O17P2/c1-8-10-11-12-13-14-29-39-46-53-60-67-83(88)96-73-81(103-86(91)70-63-56-49-42-35-28-27-31-37-44-51-58-65-78(5)6)75-100-104(92,93)98-71-80(87)72-99-105(94,95)101-76-82(74-97-84(89)68-61-54-47-40-33-25-22-21-24-32-38-45-52-59-66-79(7)9-2)102-85(90)69-62-55-48-41-34-26-20-18-16-15-17-19-23-30-36-43-50-57-64-77(3)4/h77-82,87H,8-76H2,1-7H3,(H,92,93)(H,94,95)/t79?,80-,81+,82+/m0/s1. The normalized spacial score (nSPS) is 14.1. The van der Waals surface area contributed by atoms with Crippen LogP contribution >= 0.6 is 15.6 Å². The third-order valence-electron chi connectivity index (χ3n) is 20.5. The molecule has 0 aromatic carbocycles. The van der Waals surface area contributed by atoms with Crippen LogP contribution in [0.15, 0.2) is 0 Å². The highest BCUT2D eigenvalue weighted by molar-refractivity contribution is 7.47. The number of hydrogen-bond acceptors (Lipinski definition) is 15. The number of carbonyl (C=O) groups is 4. The zero-order valence-corrected chi connectivity index (χ0v) is 71.0. The molecule has 3 unspecified atom stereocenters. The third-order valence-corrected chi connectivity index (χ3v) is 22.4. The first kappa shape index (κ1) is 103. The van der Waals surface area contributed by atoms with E-state index in [1.165, 1.54) is 263 Å². The fourth-order valence-electron chi connectivity index (χ4n) is 13.3. The third kappa shape index (κ3) is 78.5. The number of ether oxygens (including phenoxy) is 4. The summed E-state index contributed by atoms with van der Waals surface area (Å²) in [6.07, 6.45) is 66.5. The summed E-state index contributed by atoms with van der Waals surface area (Å²) >= 11 is 0. The van der Waals surface area contributed by atoms with E-state index in [-0.39, 0.29) is 25.7 Å². The Bertz CT molecular complexity index is 2030. The molecule has 0 fully saturated rings. The number of phosphoric acid groups is 2. The average molecular weight is 1540 g/mol. The lowest BCUT2D eigenvalue weighted by Crippen LogP contribution is -2.30. The van der Waals surface area contributed by atoms with Gasteiger partial charge in [-0.3, -0.25) is 37.3 Å². The molecule has 0 saturated heterocycles. The van der Waals surface area contributed by atoms with Gasteiger partial charge in [0.25, 0.3) is 0 Å². The maximum absolute atomic E-state index is 13.1. The van der Waals surface area contributed by atoms with Crippen molar-refractivity contribution >= 4 is 39.5 Å². The monoisotopic (exact) mass is 1540 g/mol. The van der Waals surface area contributed by atoms with Crippen LogP contribution in [-0.2, 0) is 65.4 Å². The van der Waals surface area contributed by atoms with Gasteiger partial charge in [-0.15, -0.1) is 0 Å². The van der Waals surface area contributed by atoms with Crippen molar-refractivity contribution in [1.82, 2.24) is 0 Å². The van der Waals surface area contributed by atoms with Gasteiger partial charge in [0.05, 0.1) is 26.4 Å². The first-order valence-electron chi connectivity index (χ1n) is 44.4. The number of carbonyl (C=O) groups excluding carboxylic acids is 4. The molecule has 0 aromatic rings. The van der Waals surface area contributed by atoms with E-state index in [1.54, 1.807) is 0 Å². The van der Waals surface area contributed by atoms with Gasteiger partial charge in [0.2, 0.25) is 0 Å². The van der Waals surface area contributed by atoms with Crippen LogP contribution in [-0.4, -0.2) is 96.7 Å². The van der Waals surface area contributed by atoms with Gasteiger partial charge in [0.1, 0.15) is 19.3 Å². The fourth-order valence-corrected chi connectivity index (χ4v) is 14.9. The van der Waals surface area contributed by atoms with E-state index in [9.17, 15) is 43.2 Å². The molecule has 0 aliphatic rings. The maximum atomic E-state index is 13.1. The van der Waals surface area contributed by atoms with Crippen LogP contribution in [0.5, 0.6) is 0 Å². The minimum atomic E-state index is -4.97. The van der Waals surface area contributed by atoms with Crippen molar-refractivity contribution in [3.05, 3.63) is 0 Å². The molecule has 0 saturated carbocycles. The Hall–Kier alpha value is -1.94. The largest absolute Gasteiger partial charge is 0.472 e. The topological polar surface area (TPSA) is 237 Å². The highest BCUT2D eigenvalue weighted by Crippen LogP contribution is 2.45. The molecule has 17 nitrogen and oxygen atoms in total. The van der Waals surface area contributed by atoms with Crippen molar-refractivity contribution in [2.24, 2.45) is 17.8 Å². The Morgan fingerprint density at radius 2 is 0.486 bits per heavy atom. The lowest BCUT2D eigenvalue weighted by molar-refractivity contribution is -0.161.